The Labute approximate surface area is 123 Å². The molecule has 0 saturated heterocycles. The van der Waals surface area contributed by atoms with Crippen molar-refractivity contribution in [2.75, 3.05) is 19.6 Å². The molecule has 2 rings (SSSR count). The van der Waals surface area contributed by atoms with Gasteiger partial charge in [0.25, 0.3) is 0 Å². The monoisotopic (exact) mass is 321 g/mol. The van der Waals surface area contributed by atoms with Crippen molar-refractivity contribution in [1.82, 2.24) is 4.90 Å². The third-order valence-corrected chi connectivity index (χ3v) is 4.28. The Kier molecular flexibility index (Phi) is 4.97. The van der Waals surface area contributed by atoms with Gasteiger partial charge in [-0.25, -0.2) is 0 Å². The van der Waals surface area contributed by atoms with Crippen molar-refractivity contribution < 1.29 is 5.11 Å². The number of aliphatic hydroxyl groups is 1. The van der Waals surface area contributed by atoms with Crippen LogP contribution in [0, 0.1) is 0 Å². The highest BCUT2D eigenvalue weighted by molar-refractivity contribution is 9.10. The fraction of sp³-hybridized carbons (Fsp3) is 0.375. The SMILES string of the molecule is CCN(CC)CC(O)c1ccc(Br)c2ccccc12. The summed E-state index contributed by atoms with van der Waals surface area (Å²) in [5.41, 5.74) is 1.01. The second-order valence-corrected chi connectivity index (χ2v) is 5.54. The second-order valence-electron chi connectivity index (χ2n) is 4.68. The highest BCUT2D eigenvalue weighted by Gasteiger charge is 2.14. The van der Waals surface area contributed by atoms with Crippen molar-refractivity contribution in [3.63, 3.8) is 0 Å². The van der Waals surface area contributed by atoms with Gasteiger partial charge in [-0.2, -0.15) is 0 Å². The summed E-state index contributed by atoms with van der Waals surface area (Å²) in [6, 6.07) is 12.2. The van der Waals surface area contributed by atoms with Crippen LogP contribution in [-0.4, -0.2) is 29.6 Å². The Morgan fingerprint density at radius 2 is 1.68 bits per heavy atom. The minimum atomic E-state index is -0.446. The van der Waals surface area contributed by atoms with Crippen LogP contribution >= 0.6 is 15.9 Å². The normalized spacial score (nSPS) is 13.1. The molecule has 0 amide bonds. The fourth-order valence-corrected chi connectivity index (χ4v) is 2.88. The smallest absolute Gasteiger partial charge is 0.0922 e. The standard InChI is InChI=1S/C16H20BrNO/c1-3-18(4-2)11-16(19)14-9-10-15(17)13-8-6-5-7-12(13)14/h5-10,16,19H,3-4,11H2,1-2H3. The molecule has 0 aliphatic rings. The first-order valence-corrected chi connectivity index (χ1v) is 7.54. The van der Waals surface area contributed by atoms with Crippen LogP contribution in [0.4, 0.5) is 0 Å². The lowest BCUT2D eigenvalue weighted by molar-refractivity contribution is 0.120. The first-order chi connectivity index (χ1) is 9.17. The molecular weight excluding hydrogens is 302 g/mol. The highest BCUT2D eigenvalue weighted by Crippen LogP contribution is 2.30. The van der Waals surface area contributed by atoms with Crippen molar-refractivity contribution in [3.8, 4) is 0 Å². The van der Waals surface area contributed by atoms with Gasteiger partial charge in [-0.05, 0) is 35.5 Å². The van der Waals surface area contributed by atoms with Gasteiger partial charge in [0, 0.05) is 11.0 Å². The third-order valence-electron chi connectivity index (χ3n) is 3.59. The quantitative estimate of drug-likeness (QED) is 0.900. The molecule has 0 bridgehead atoms. The first kappa shape index (κ1) is 14.5. The van der Waals surface area contributed by atoms with Gasteiger partial charge in [0.2, 0.25) is 0 Å². The number of aliphatic hydroxyl groups excluding tert-OH is 1. The van der Waals surface area contributed by atoms with Crippen LogP contribution < -0.4 is 0 Å². The predicted molar refractivity (Wildman–Crippen MR) is 84.4 cm³/mol. The number of nitrogens with zero attached hydrogens (tertiary/aromatic N) is 1. The molecule has 0 aromatic heterocycles. The van der Waals surface area contributed by atoms with Crippen LogP contribution in [0.3, 0.4) is 0 Å². The summed E-state index contributed by atoms with van der Waals surface area (Å²) in [6.45, 7) is 6.84. The number of fused-ring (bicyclic) bond motifs is 1. The van der Waals surface area contributed by atoms with E-state index < -0.39 is 6.10 Å². The largest absolute Gasteiger partial charge is 0.387 e. The summed E-state index contributed by atoms with van der Waals surface area (Å²) in [4.78, 5) is 2.24. The van der Waals surface area contributed by atoms with Gasteiger partial charge in [0.15, 0.2) is 0 Å². The molecule has 0 saturated carbocycles. The van der Waals surface area contributed by atoms with Gasteiger partial charge in [-0.1, -0.05) is 60.1 Å². The zero-order chi connectivity index (χ0) is 13.8. The summed E-state index contributed by atoms with van der Waals surface area (Å²) in [7, 11) is 0. The summed E-state index contributed by atoms with van der Waals surface area (Å²) < 4.78 is 1.07. The van der Waals surface area contributed by atoms with Crippen LogP contribution in [-0.2, 0) is 0 Å². The Morgan fingerprint density at radius 3 is 2.32 bits per heavy atom. The Morgan fingerprint density at radius 1 is 1.05 bits per heavy atom. The third kappa shape index (κ3) is 3.16. The molecule has 0 aliphatic heterocycles. The van der Waals surface area contributed by atoms with E-state index in [1.165, 1.54) is 0 Å². The highest BCUT2D eigenvalue weighted by atomic mass is 79.9. The lowest BCUT2D eigenvalue weighted by Gasteiger charge is -2.23. The van der Waals surface area contributed by atoms with E-state index >= 15 is 0 Å². The average Bonchev–Trinajstić information content (AvgIpc) is 2.45. The maximum absolute atomic E-state index is 10.5. The van der Waals surface area contributed by atoms with E-state index in [0.717, 1.165) is 33.9 Å². The Hall–Kier alpha value is -0.900. The van der Waals surface area contributed by atoms with E-state index in [4.69, 9.17) is 0 Å². The molecule has 1 atom stereocenters. The number of rotatable bonds is 5. The zero-order valence-electron chi connectivity index (χ0n) is 11.4. The Bertz CT molecular complexity index is 551. The predicted octanol–water partition coefficient (Wildman–Crippen LogP) is 3.98. The summed E-state index contributed by atoms with van der Waals surface area (Å²) in [5, 5.41) is 12.8. The molecule has 2 nitrogen and oxygen atoms in total. The minimum Gasteiger partial charge on any atom is -0.387 e. The van der Waals surface area contributed by atoms with Crippen LogP contribution in [0.5, 0.6) is 0 Å². The van der Waals surface area contributed by atoms with Crippen LogP contribution in [0.2, 0.25) is 0 Å². The molecular formula is C16H20BrNO. The number of benzene rings is 2. The fourth-order valence-electron chi connectivity index (χ4n) is 2.40. The van der Waals surface area contributed by atoms with Crippen LogP contribution in [0.1, 0.15) is 25.5 Å². The number of likely N-dealkylation sites (N-methyl/N-ethyl adjacent to an activating group) is 1. The van der Waals surface area contributed by atoms with E-state index in [-0.39, 0.29) is 0 Å². The molecule has 0 radical (unpaired) electrons. The number of hydrogen-bond acceptors (Lipinski definition) is 2. The molecule has 0 aliphatic carbocycles. The van der Waals surface area contributed by atoms with E-state index in [0.29, 0.717) is 6.54 Å². The van der Waals surface area contributed by atoms with Gasteiger partial charge < -0.3 is 10.0 Å². The second kappa shape index (κ2) is 6.51. The van der Waals surface area contributed by atoms with Crippen molar-refractivity contribution in [3.05, 3.63) is 46.4 Å². The Balaban J connectivity index is 2.37. The maximum atomic E-state index is 10.5. The molecule has 19 heavy (non-hydrogen) atoms. The lowest BCUT2D eigenvalue weighted by Crippen LogP contribution is -2.28. The molecule has 1 N–H and O–H groups in total. The number of hydrogen-bond donors (Lipinski definition) is 1. The van der Waals surface area contributed by atoms with E-state index in [1.807, 2.05) is 24.3 Å². The van der Waals surface area contributed by atoms with E-state index in [9.17, 15) is 5.11 Å². The first-order valence-electron chi connectivity index (χ1n) is 6.75. The van der Waals surface area contributed by atoms with Gasteiger partial charge >= 0.3 is 0 Å². The summed E-state index contributed by atoms with van der Waals surface area (Å²) >= 11 is 3.57. The molecule has 3 heteroatoms. The van der Waals surface area contributed by atoms with Gasteiger partial charge in [0.1, 0.15) is 0 Å². The molecule has 2 aromatic rings. The van der Waals surface area contributed by atoms with Crippen LogP contribution in [0.25, 0.3) is 10.8 Å². The molecule has 1 unspecified atom stereocenters. The van der Waals surface area contributed by atoms with Crippen molar-refractivity contribution in [2.45, 2.75) is 20.0 Å². The molecule has 102 valence electrons. The molecule has 0 spiro atoms. The zero-order valence-corrected chi connectivity index (χ0v) is 13.0. The average molecular weight is 322 g/mol. The van der Waals surface area contributed by atoms with E-state index in [2.05, 4.69) is 46.8 Å². The topological polar surface area (TPSA) is 23.5 Å². The number of halogens is 1. The van der Waals surface area contributed by atoms with Crippen molar-refractivity contribution in [1.29, 1.82) is 0 Å². The van der Waals surface area contributed by atoms with Gasteiger partial charge in [-0.15, -0.1) is 0 Å². The molecule has 0 fully saturated rings. The van der Waals surface area contributed by atoms with E-state index in [1.54, 1.807) is 0 Å². The molecule has 0 heterocycles. The summed E-state index contributed by atoms with van der Waals surface area (Å²) in [6.07, 6.45) is -0.446. The molecule has 2 aromatic carbocycles. The lowest BCUT2D eigenvalue weighted by atomic mass is 10.00. The van der Waals surface area contributed by atoms with Crippen LogP contribution in [0.15, 0.2) is 40.9 Å². The van der Waals surface area contributed by atoms with Gasteiger partial charge in [0.05, 0.1) is 6.10 Å². The van der Waals surface area contributed by atoms with Crippen molar-refractivity contribution in [2.24, 2.45) is 0 Å². The maximum Gasteiger partial charge on any atom is 0.0922 e. The van der Waals surface area contributed by atoms with Crippen molar-refractivity contribution >= 4 is 26.7 Å². The minimum absolute atomic E-state index is 0.446. The van der Waals surface area contributed by atoms with Gasteiger partial charge in [-0.3, -0.25) is 0 Å². The summed E-state index contributed by atoms with van der Waals surface area (Å²) in [5.74, 6) is 0.